The van der Waals surface area contributed by atoms with E-state index in [1.54, 1.807) is 38.1 Å². The van der Waals surface area contributed by atoms with Crippen LogP contribution in [0.1, 0.15) is 27.2 Å². The number of aliphatic hydroxyl groups excluding tert-OH is 1. The highest BCUT2D eigenvalue weighted by Crippen LogP contribution is 2.15. The molecule has 0 fully saturated rings. The summed E-state index contributed by atoms with van der Waals surface area (Å²) in [6.45, 7) is 5.58. The Bertz CT molecular complexity index is 479. The molecule has 0 spiro atoms. The predicted molar refractivity (Wildman–Crippen MR) is 76.7 cm³/mol. The Morgan fingerprint density at radius 2 is 1.79 bits per heavy atom. The van der Waals surface area contributed by atoms with E-state index in [0.717, 1.165) is 12.1 Å². The van der Waals surface area contributed by atoms with Gasteiger partial charge in [-0.2, -0.15) is 0 Å². The van der Waals surface area contributed by atoms with E-state index in [0.29, 0.717) is 0 Å². The molecule has 3 N–H and O–H groups in total. The van der Waals surface area contributed by atoms with Gasteiger partial charge in [-0.05, 0) is 44.5 Å². The van der Waals surface area contributed by atoms with Crippen molar-refractivity contribution < 1.29 is 13.5 Å². The highest BCUT2D eigenvalue weighted by Gasteiger charge is 2.15. The summed E-state index contributed by atoms with van der Waals surface area (Å²) in [4.78, 5) is 0.240. The summed E-state index contributed by atoms with van der Waals surface area (Å²) >= 11 is 0. The van der Waals surface area contributed by atoms with E-state index >= 15 is 0 Å². The van der Waals surface area contributed by atoms with Gasteiger partial charge in [-0.15, -0.1) is 0 Å². The van der Waals surface area contributed by atoms with Crippen LogP contribution in [0.25, 0.3) is 0 Å². The van der Waals surface area contributed by atoms with E-state index in [1.807, 2.05) is 6.92 Å². The zero-order valence-electron chi connectivity index (χ0n) is 11.6. The fourth-order valence-corrected chi connectivity index (χ4v) is 2.87. The first-order chi connectivity index (χ1) is 8.89. The second-order valence-electron chi connectivity index (χ2n) is 4.73. The zero-order chi connectivity index (χ0) is 14.5. The van der Waals surface area contributed by atoms with Crippen LogP contribution < -0.4 is 10.0 Å². The van der Waals surface area contributed by atoms with Crippen LogP contribution in [0.5, 0.6) is 0 Å². The molecule has 19 heavy (non-hydrogen) atoms. The van der Waals surface area contributed by atoms with Crippen LogP contribution in [-0.4, -0.2) is 32.2 Å². The van der Waals surface area contributed by atoms with Crippen LogP contribution in [0.4, 0.5) is 5.69 Å². The van der Waals surface area contributed by atoms with E-state index in [-0.39, 0.29) is 23.6 Å². The van der Waals surface area contributed by atoms with E-state index < -0.39 is 10.0 Å². The van der Waals surface area contributed by atoms with Crippen LogP contribution in [0, 0.1) is 0 Å². The van der Waals surface area contributed by atoms with Gasteiger partial charge >= 0.3 is 0 Å². The number of rotatable bonds is 7. The molecule has 0 aliphatic rings. The van der Waals surface area contributed by atoms with Gasteiger partial charge in [0.2, 0.25) is 10.0 Å². The Morgan fingerprint density at radius 1 is 1.21 bits per heavy atom. The summed E-state index contributed by atoms with van der Waals surface area (Å²) in [7, 11) is -3.44. The van der Waals surface area contributed by atoms with Crippen molar-refractivity contribution in [2.24, 2.45) is 0 Å². The number of sulfonamides is 1. The lowest BCUT2D eigenvalue weighted by molar-refractivity contribution is 0.272. The molecule has 0 saturated heterocycles. The van der Waals surface area contributed by atoms with Crippen LogP contribution in [0.15, 0.2) is 29.2 Å². The summed E-state index contributed by atoms with van der Waals surface area (Å²) in [5.41, 5.74) is 0.796. The van der Waals surface area contributed by atoms with Gasteiger partial charge in [-0.1, -0.05) is 6.92 Å². The second-order valence-corrected chi connectivity index (χ2v) is 6.45. The van der Waals surface area contributed by atoms with Gasteiger partial charge < -0.3 is 10.4 Å². The van der Waals surface area contributed by atoms with Gasteiger partial charge in [0.15, 0.2) is 0 Å². The highest BCUT2D eigenvalue weighted by molar-refractivity contribution is 7.89. The van der Waals surface area contributed by atoms with Gasteiger partial charge in [0.25, 0.3) is 0 Å². The molecule has 1 rings (SSSR count). The lowest BCUT2D eigenvalue weighted by Gasteiger charge is -2.16. The molecule has 5 nitrogen and oxygen atoms in total. The van der Waals surface area contributed by atoms with E-state index in [4.69, 9.17) is 5.11 Å². The van der Waals surface area contributed by atoms with Crippen LogP contribution in [-0.2, 0) is 10.0 Å². The molecule has 0 radical (unpaired) electrons. The first kappa shape index (κ1) is 15.9. The number of aliphatic hydroxyl groups is 1. The van der Waals surface area contributed by atoms with Crippen molar-refractivity contribution in [3.63, 3.8) is 0 Å². The molecule has 0 aliphatic carbocycles. The molecular formula is C13H22N2O3S. The molecule has 0 aliphatic heterocycles. The second kappa shape index (κ2) is 6.88. The van der Waals surface area contributed by atoms with Crippen LogP contribution in [0.3, 0.4) is 0 Å². The van der Waals surface area contributed by atoms with Crippen molar-refractivity contribution in [2.75, 3.05) is 11.9 Å². The molecule has 1 atom stereocenters. The number of hydrogen-bond acceptors (Lipinski definition) is 4. The van der Waals surface area contributed by atoms with Crippen molar-refractivity contribution in [3.05, 3.63) is 24.3 Å². The lowest BCUT2D eigenvalue weighted by Crippen LogP contribution is -2.30. The number of anilines is 1. The van der Waals surface area contributed by atoms with Gasteiger partial charge in [-0.25, -0.2) is 13.1 Å². The first-order valence-electron chi connectivity index (χ1n) is 6.38. The van der Waals surface area contributed by atoms with Crippen molar-refractivity contribution in [2.45, 2.75) is 44.2 Å². The van der Waals surface area contributed by atoms with Crippen molar-refractivity contribution in [1.82, 2.24) is 4.72 Å². The Hall–Kier alpha value is -1.11. The lowest BCUT2D eigenvalue weighted by atomic mass is 10.2. The minimum Gasteiger partial charge on any atom is -0.394 e. The Balaban J connectivity index is 2.82. The maximum Gasteiger partial charge on any atom is 0.240 e. The van der Waals surface area contributed by atoms with E-state index in [1.165, 1.54) is 0 Å². The minimum atomic E-state index is -3.44. The van der Waals surface area contributed by atoms with E-state index in [2.05, 4.69) is 10.0 Å². The molecule has 0 heterocycles. The molecule has 0 bridgehead atoms. The summed E-state index contributed by atoms with van der Waals surface area (Å²) in [6.07, 6.45) is 0.797. The minimum absolute atomic E-state index is 0.0174. The summed E-state index contributed by atoms with van der Waals surface area (Å²) in [6, 6.07) is 6.35. The quantitative estimate of drug-likeness (QED) is 0.711. The van der Waals surface area contributed by atoms with Gasteiger partial charge in [0.1, 0.15) is 0 Å². The molecular weight excluding hydrogens is 264 g/mol. The maximum absolute atomic E-state index is 11.9. The van der Waals surface area contributed by atoms with Gasteiger partial charge in [-0.3, -0.25) is 0 Å². The fraction of sp³-hybridized carbons (Fsp3) is 0.538. The molecule has 1 aromatic rings. The Morgan fingerprint density at radius 3 is 2.21 bits per heavy atom. The molecule has 0 amide bonds. The summed E-state index contributed by atoms with van der Waals surface area (Å²) < 4.78 is 26.4. The maximum atomic E-state index is 11.9. The normalized spacial score (nSPS) is 13.5. The number of hydrogen-bond donors (Lipinski definition) is 3. The average Bonchev–Trinajstić information content (AvgIpc) is 2.35. The first-order valence-corrected chi connectivity index (χ1v) is 7.87. The molecule has 1 aromatic carbocycles. The standard InChI is InChI=1S/C13H22N2O3S/c1-4-11(9-16)14-12-5-7-13(8-6-12)19(17,18)15-10(2)3/h5-8,10-11,14-16H,4,9H2,1-3H3. The van der Waals surface area contributed by atoms with Gasteiger partial charge in [0.05, 0.1) is 11.5 Å². The largest absolute Gasteiger partial charge is 0.394 e. The molecule has 0 aromatic heterocycles. The smallest absolute Gasteiger partial charge is 0.240 e. The third-order valence-electron chi connectivity index (χ3n) is 2.64. The number of benzene rings is 1. The highest BCUT2D eigenvalue weighted by atomic mass is 32.2. The van der Waals surface area contributed by atoms with Crippen molar-refractivity contribution in [1.29, 1.82) is 0 Å². The van der Waals surface area contributed by atoms with E-state index in [9.17, 15) is 8.42 Å². The fourth-order valence-electron chi connectivity index (χ4n) is 1.62. The topological polar surface area (TPSA) is 78.4 Å². The average molecular weight is 286 g/mol. The van der Waals surface area contributed by atoms with Crippen molar-refractivity contribution >= 4 is 15.7 Å². The van der Waals surface area contributed by atoms with Crippen molar-refractivity contribution in [3.8, 4) is 0 Å². The SMILES string of the molecule is CCC(CO)Nc1ccc(S(=O)(=O)NC(C)C)cc1. The third kappa shape index (κ3) is 4.81. The Kier molecular flexibility index (Phi) is 5.78. The number of nitrogens with one attached hydrogen (secondary N) is 2. The third-order valence-corrected chi connectivity index (χ3v) is 4.31. The van der Waals surface area contributed by atoms with Crippen LogP contribution >= 0.6 is 0 Å². The predicted octanol–water partition coefficient (Wildman–Crippen LogP) is 1.56. The molecule has 6 heteroatoms. The monoisotopic (exact) mass is 286 g/mol. The molecule has 1 unspecified atom stereocenters. The summed E-state index contributed by atoms with van der Waals surface area (Å²) in [5, 5.41) is 12.2. The molecule has 0 saturated carbocycles. The van der Waals surface area contributed by atoms with Crippen LogP contribution in [0.2, 0.25) is 0 Å². The summed E-state index contributed by atoms with van der Waals surface area (Å²) in [5.74, 6) is 0. The van der Waals surface area contributed by atoms with Gasteiger partial charge in [0, 0.05) is 17.8 Å². The molecule has 108 valence electrons. The zero-order valence-corrected chi connectivity index (χ0v) is 12.4. The Labute approximate surface area is 115 Å².